The average molecular weight is 505 g/mol. The lowest BCUT2D eigenvalue weighted by molar-refractivity contribution is -0.0505. The van der Waals surface area contributed by atoms with Crippen molar-refractivity contribution in [2.24, 2.45) is 0 Å². The highest BCUT2D eigenvalue weighted by molar-refractivity contribution is 6.31. The van der Waals surface area contributed by atoms with Gasteiger partial charge in [0.1, 0.15) is 17.2 Å². The summed E-state index contributed by atoms with van der Waals surface area (Å²) in [5, 5.41) is 14.8. The number of aliphatic hydroxyl groups excluding tert-OH is 1. The summed E-state index contributed by atoms with van der Waals surface area (Å²) < 4.78 is 46.8. The molecule has 5 rings (SSSR count). The molecular formula is C25H24ClF3N4O2. The molecule has 1 aromatic carbocycles. The topological polar surface area (TPSA) is 76.0 Å². The Morgan fingerprint density at radius 1 is 1.17 bits per heavy atom. The van der Waals surface area contributed by atoms with Crippen LogP contribution in [0.2, 0.25) is 5.02 Å². The highest BCUT2D eigenvalue weighted by Gasteiger charge is 2.25. The molecule has 0 aliphatic heterocycles. The normalized spacial score (nSPS) is 19.4. The van der Waals surface area contributed by atoms with Gasteiger partial charge in [0.25, 0.3) is 0 Å². The number of benzene rings is 1. The highest BCUT2D eigenvalue weighted by Crippen LogP contribution is 2.41. The molecule has 0 unspecified atom stereocenters. The molecule has 1 aliphatic rings. The first-order valence-electron chi connectivity index (χ1n) is 11.4. The summed E-state index contributed by atoms with van der Waals surface area (Å²) in [7, 11) is 0. The van der Waals surface area contributed by atoms with Gasteiger partial charge in [0.2, 0.25) is 0 Å². The fraction of sp³-hybridized carbons (Fsp3) is 0.360. The molecule has 1 aliphatic carbocycles. The molecule has 0 bridgehead atoms. The van der Waals surface area contributed by atoms with E-state index in [0.717, 1.165) is 59.9 Å². The fourth-order valence-corrected chi connectivity index (χ4v) is 5.18. The molecule has 6 nitrogen and oxygen atoms in total. The van der Waals surface area contributed by atoms with Crippen LogP contribution in [-0.4, -0.2) is 37.6 Å². The Morgan fingerprint density at radius 2 is 1.94 bits per heavy atom. The van der Waals surface area contributed by atoms with Gasteiger partial charge in [-0.15, -0.1) is 0 Å². The second-order valence-corrected chi connectivity index (χ2v) is 9.29. The summed E-state index contributed by atoms with van der Waals surface area (Å²) >= 11 is 6.21. The number of nitrogens with zero attached hydrogens (tertiary/aromatic N) is 3. The van der Waals surface area contributed by atoms with E-state index in [4.69, 9.17) is 11.6 Å². The highest BCUT2D eigenvalue weighted by atomic mass is 35.5. The van der Waals surface area contributed by atoms with Crippen molar-refractivity contribution in [3.8, 4) is 16.9 Å². The summed E-state index contributed by atoms with van der Waals surface area (Å²) in [4.78, 5) is 7.60. The van der Waals surface area contributed by atoms with Crippen LogP contribution < -0.4 is 4.74 Å². The van der Waals surface area contributed by atoms with Crippen LogP contribution in [0.25, 0.3) is 22.2 Å². The number of hydrogen-bond donors (Lipinski definition) is 2. The van der Waals surface area contributed by atoms with Gasteiger partial charge in [-0.05, 0) is 49.4 Å². The molecule has 10 heteroatoms. The van der Waals surface area contributed by atoms with Crippen molar-refractivity contribution >= 4 is 22.6 Å². The van der Waals surface area contributed by atoms with Crippen molar-refractivity contribution in [1.82, 2.24) is 19.7 Å². The SMILES string of the molecule is C[C@@H](c1c(OC(F)F)ccc(F)c1Cl)c1c[nH]c2ncc(-c3cnn(C4CCC(O)CC4)c3)cc12. The number of fused-ring (bicyclic) bond motifs is 1. The van der Waals surface area contributed by atoms with Gasteiger partial charge < -0.3 is 14.8 Å². The summed E-state index contributed by atoms with van der Waals surface area (Å²) in [5.74, 6) is -1.44. The van der Waals surface area contributed by atoms with E-state index in [0.29, 0.717) is 5.65 Å². The number of hydrogen-bond acceptors (Lipinski definition) is 4. The van der Waals surface area contributed by atoms with E-state index in [1.807, 2.05) is 16.9 Å². The Kier molecular flexibility index (Phi) is 6.46. The van der Waals surface area contributed by atoms with E-state index in [-0.39, 0.29) is 28.5 Å². The van der Waals surface area contributed by atoms with Crippen LogP contribution in [0.3, 0.4) is 0 Å². The lowest BCUT2D eigenvalue weighted by atomic mass is 9.91. The summed E-state index contributed by atoms with van der Waals surface area (Å²) in [6, 6.07) is 4.36. The molecule has 0 saturated heterocycles. The molecule has 2 N–H and O–H groups in total. The molecule has 0 radical (unpaired) electrons. The third-order valence-corrected chi connectivity index (χ3v) is 7.13. The number of alkyl halides is 2. The Balaban J connectivity index is 1.50. The van der Waals surface area contributed by atoms with Gasteiger partial charge in [0.05, 0.1) is 23.4 Å². The monoisotopic (exact) mass is 504 g/mol. The minimum Gasteiger partial charge on any atom is -0.434 e. The Labute approximate surface area is 204 Å². The standard InChI is InChI=1S/C25H24ClF3N4O2/c1-13(22-21(35-25(28)29)7-6-20(27)23(22)26)19-11-31-24-18(19)8-14(9-30-24)15-10-32-33(12-15)16-2-4-17(34)5-3-16/h6-13,16-17,25,34H,2-5H2,1H3,(H,30,31)/t13-,16?,17?/m1/s1. The summed E-state index contributed by atoms with van der Waals surface area (Å²) in [6.45, 7) is -1.31. The predicted octanol–water partition coefficient (Wildman–Crippen LogP) is 6.45. The van der Waals surface area contributed by atoms with Crippen LogP contribution in [0.1, 0.15) is 55.7 Å². The molecule has 1 saturated carbocycles. The third-order valence-electron chi connectivity index (χ3n) is 6.75. The number of aliphatic hydroxyl groups is 1. The van der Waals surface area contributed by atoms with E-state index in [1.165, 1.54) is 0 Å². The fourth-order valence-electron chi connectivity index (χ4n) is 4.86. The molecule has 3 heterocycles. The first kappa shape index (κ1) is 23.7. The second-order valence-electron chi connectivity index (χ2n) is 8.91. The van der Waals surface area contributed by atoms with Crippen LogP contribution in [0.5, 0.6) is 5.75 Å². The molecular weight excluding hydrogens is 481 g/mol. The van der Waals surface area contributed by atoms with Crippen molar-refractivity contribution in [2.45, 2.75) is 57.3 Å². The maximum absolute atomic E-state index is 14.3. The molecule has 0 spiro atoms. The zero-order valence-electron chi connectivity index (χ0n) is 18.9. The van der Waals surface area contributed by atoms with E-state index in [1.54, 1.807) is 25.5 Å². The predicted molar refractivity (Wildman–Crippen MR) is 126 cm³/mol. The summed E-state index contributed by atoms with van der Waals surface area (Å²) in [5.41, 5.74) is 3.19. The number of halogens is 4. The van der Waals surface area contributed by atoms with E-state index >= 15 is 0 Å². The van der Waals surface area contributed by atoms with Crippen molar-refractivity contribution in [2.75, 3.05) is 0 Å². The van der Waals surface area contributed by atoms with Gasteiger partial charge in [0, 0.05) is 46.6 Å². The number of aromatic nitrogens is 4. The molecule has 35 heavy (non-hydrogen) atoms. The zero-order valence-corrected chi connectivity index (χ0v) is 19.6. The van der Waals surface area contributed by atoms with Gasteiger partial charge in [-0.2, -0.15) is 13.9 Å². The molecule has 1 atom stereocenters. The van der Waals surface area contributed by atoms with E-state index < -0.39 is 18.3 Å². The number of nitrogens with one attached hydrogen (secondary N) is 1. The van der Waals surface area contributed by atoms with Crippen molar-refractivity contribution in [3.05, 3.63) is 65.0 Å². The number of ether oxygens (including phenoxy) is 1. The maximum atomic E-state index is 14.3. The van der Waals surface area contributed by atoms with Gasteiger partial charge in [-0.1, -0.05) is 18.5 Å². The lowest BCUT2D eigenvalue weighted by Gasteiger charge is -2.25. The lowest BCUT2D eigenvalue weighted by Crippen LogP contribution is -2.21. The Bertz CT molecular complexity index is 1350. The van der Waals surface area contributed by atoms with Crippen LogP contribution in [-0.2, 0) is 0 Å². The minimum absolute atomic E-state index is 0.144. The first-order valence-corrected chi connectivity index (χ1v) is 11.8. The second kappa shape index (κ2) is 9.54. The molecule has 0 amide bonds. The van der Waals surface area contributed by atoms with E-state index in [9.17, 15) is 18.3 Å². The minimum atomic E-state index is -3.07. The van der Waals surface area contributed by atoms with Crippen molar-refractivity contribution in [1.29, 1.82) is 0 Å². The van der Waals surface area contributed by atoms with Gasteiger partial charge in [0.15, 0.2) is 0 Å². The summed E-state index contributed by atoms with van der Waals surface area (Å²) in [6.07, 6.45) is 10.2. The van der Waals surface area contributed by atoms with Crippen LogP contribution in [0.4, 0.5) is 13.2 Å². The Hall–Kier alpha value is -3.04. The van der Waals surface area contributed by atoms with Gasteiger partial charge in [-0.25, -0.2) is 9.37 Å². The number of aromatic amines is 1. The average Bonchev–Trinajstić information content (AvgIpc) is 3.49. The van der Waals surface area contributed by atoms with Crippen LogP contribution in [0.15, 0.2) is 43.0 Å². The smallest absolute Gasteiger partial charge is 0.387 e. The van der Waals surface area contributed by atoms with Crippen molar-refractivity contribution < 1.29 is 23.0 Å². The molecule has 184 valence electrons. The molecule has 3 aromatic heterocycles. The largest absolute Gasteiger partial charge is 0.434 e. The van der Waals surface area contributed by atoms with Gasteiger partial charge >= 0.3 is 6.61 Å². The number of pyridine rings is 1. The van der Waals surface area contributed by atoms with E-state index in [2.05, 4.69) is 19.8 Å². The van der Waals surface area contributed by atoms with Gasteiger partial charge in [-0.3, -0.25) is 4.68 Å². The molecule has 1 fully saturated rings. The third kappa shape index (κ3) is 4.62. The number of H-pyrrole nitrogens is 1. The zero-order chi connectivity index (χ0) is 24.7. The first-order chi connectivity index (χ1) is 16.8. The maximum Gasteiger partial charge on any atom is 0.387 e. The van der Waals surface area contributed by atoms with Crippen molar-refractivity contribution in [3.63, 3.8) is 0 Å². The quantitative estimate of drug-likeness (QED) is 0.316. The van der Waals surface area contributed by atoms with Crippen LogP contribution >= 0.6 is 11.6 Å². The number of rotatable bonds is 6. The molecule has 4 aromatic rings. The van der Waals surface area contributed by atoms with Crippen LogP contribution in [0, 0.1) is 5.82 Å². The Morgan fingerprint density at radius 3 is 2.69 bits per heavy atom.